The summed E-state index contributed by atoms with van der Waals surface area (Å²) < 4.78 is 16.3. The van der Waals surface area contributed by atoms with Crippen molar-refractivity contribution in [3.8, 4) is 22.6 Å². The van der Waals surface area contributed by atoms with E-state index in [1.165, 1.54) is 29.4 Å². The molecule has 0 bridgehead atoms. The van der Waals surface area contributed by atoms with Gasteiger partial charge in [0.15, 0.2) is 0 Å². The summed E-state index contributed by atoms with van der Waals surface area (Å²) in [6.07, 6.45) is 3.04. The Kier molecular flexibility index (Phi) is 5.80. The number of ether oxygens (including phenoxy) is 3. The summed E-state index contributed by atoms with van der Waals surface area (Å²) in [6, 6.07) is 21.9. The van der Waals surface area contributed by atoms with Gasteiger partial charge in [0.2, 0.25) is 0 Å². The number of benzene rings is 3. The normalized spacial score (nSPS) is 11.8. The molecule has 29 heavy (non-hydrogen) atoms. The number of para-hydroxylation sites is 1. The molecule has 0 saturated carbocycles. The summed E-state index contributed by atoms with van der Waals surface area (Å²) in [4.78, 5) is 11.4. The fraction of sp³-hybridized carbons (Fsp3) is 0.240. The first-order valence-electron chi connectivity index (χ1n) is 9.90. The van der Waals surface area contributed by atoms with Crippen molar-refractivity contribution >= 4 is 5.97 Å². The molecule has 148 valence electrons. The van der Waals surface area contributed by atoms with Crippen LogP contribution in [-0.2, 0) is 17.8 Å². The van der Waals surface area contributed by atoms with Gasteiger partial charge in [-0.15, -0.1) is 0 Å². The van der Waals surface area contributed by atoms with Crippen molar-refractivity contribution in [3.05, 3.63) is 83.4 Å². The average Bonchev–Trinajstić information content (AvgIpc) is 2.78. The van der Waals surface area contributed by atoms with Crippen LogP contribution in [-0.4, -0.2) is 19.7 Å². The molecule has 1 heterocycles. The van der Waals surface area contributed by atoms with E-state index in [-0.39, 0.29) is 5.97 Å². The number of hydrogen-bond donors (Lipinski definition) is 0. The van der Waals surface area contributed by atoms with Gasteiger partial charge in [-0.25, -0.2) is 4.79 Å². The summed E-state index contributed by atoms with van der Waals surface area (Å²) in [7, 11) is 1.38. The Balaban J connectivity index is 1.28. The molecule has 4 heteroatoms. The van der Waals surface area contributed by atoms with Crippen molar-refractivity contribution in [1.29, 1.82) is 0 Å². The second kappa shape index (κ2) is 8.82. The van der Waals surface area contributed by atoms with Crippen LogP contribution in [0.5, 0.6) is 11.5 Å². The number of carbonyl (C=O) groups is 1. The molecule has 0 atom stereocenters. The van der Waals surface area contributed by atoms with E-state index in [0.29, 0.717) is 18.8 Å². The van der Waals surface area contributed by atoms with Gasteiger partial charge in [-0.2, -0.15) is 0 Å². The molecule has 0 radical (unpaired) electrons. The maximum absolute atomic E-state index is 11.4. The van der Waals surface area contributed by atoms with Gasteiger partial charge in [-0.1, -0.05) is 36.4 Å². The SMILES string of the molecule is COC(=O)c1ccc(OCCCCc2ccc3c(c2)-c2ccccc2OC3)cc1. The van der Waals surface area contributed by atoms with E-state index in [0.717, 1.165) is 30.8 Å². The molecule has 0 N–H and O–H groups in total. The molecule has 0 unspecified atom stereocenters. The van der Waals surface area contributed by atoms with E-state index in [4.69, 9.17) is 14.2 Å². The topological polar surface area (TPSA) is 44.8 Å². The maximum Gasteiger partial charge on any atom is 0.337 e. The fourth-order valence-corrected chi connectivity index (χ4v) is 3.55. The zero-order valence-corrected chi connectivity index (χ0v) is 16.5. The Morgan fingerprint density at radius 2 is 1.79 bits per heavy atom. The van der Waals surface area contributed by atoms with Crippen LogP contribution in [0.15, 0.2) is 66.7 Å². The van der Waals surface area contributed by atoms with E-state index >= 15 is 0 Å². The highest BCUT2D eigenvalue weighted by Gasteiger charge is 2.16. The third-order valence-electron chi connectivity index (χ3n) is 5.14. The summed E-state index contributed by atoms with van der Waals surface area (Å²) in [5.41, 5.74) is 5.56. The number of hydrogen-bond acceptors (Lipinski definition) is 4. The molecule has 3 aromatic carbocycles. The molecular formula is C25H24O4. The molecule has 0 saturated heterocycles. The number of carbonyl (C=O) groups excluding carboxylic acids is 1. The van der Waals surface area contributed by atoms with Gasteiger partial charge in [0, 0.05) is 5.56 Å². The van der Waals surface area contributed by atoms with Crippen LogP contribution < -0.4 is 9.47 Å². The Bertz CT molecular complexity index is 992. The van der Waals surface area contributed by atoms with Gasteiger partial charge in [0.05, 0.1) is 19.3 Å². The summed E-state index contributed by atoms with van der Waals surface area (Å²) >= 11 is 0. The molecular weight excluding hydrogens is 364 g/mol. The predicted octanol–water partition coefficient (Wildman–Crippen LogP) is 5.43. The molecule has 0 aliphatic carbocycles. The molecule has 4 nitrogen and oxygen atoms in total. The summed E-state index contributed by atoms with van der Waals surface area (Å²) in [5, 5.41) is 0. The number of rotatable bonds is 7. The highest BCUT2D eigenvalue weighted by atomic mass is 16.5. The third kappa shape index (κ3) is 4.43. The van der Waals surface area contributed by atoms with Crippen molar-refractivity contribution < 1.29 is 19.0 Å². The average molecular weight is 388 g/mol. The lowest BCUT2D eigenvalue weighted by Crippen LogP contribution is -2.06. The smallest absolute Gasteiger partial charge is 0.337 e. The highest BCUT2D eigenvalue weighted by Crippen LogP contribution is 2.37. The van der Waals surface area contributed by atoms with Crippen LogP contribution in [0.2, 0.25) is 0 Å². The maximum atomic E-state index is 11.4. The second-order valence-electron chi connectivity index (χ2n) is 7.10. The van der Waals surface area contributed by atoms with Crippen LogP contribution in [0.25, 0.3) is 11.1 Å². The first-order chi connectivity index (χ1) is 14.2. The Morgan fingerprint density at radius 3 is 2.62 bits per heavy atom. The van der Waals surface area contributed by atoms with Crippen LogP contribution in [0, 0.1) is 0 Å². The Hall–Kier alpha value is -3.27. The number of esters is 1. The van der Waals surface area contributed by atoms with Gasteiger partial charge in [-0.05, 0) is 66.3 Å². The first kappa shape index (κ1) is 19.1. The molecule has 3 aromatic rings. The van der Waals surface area contributed by atoms with Gasteiger partial charge in [0.1, 0.15) is 18.1 Å². The third-order valence-corrected chi connectivity index (χ3v) is 5.14. The van der Waals surface area contributed by atoms with E-state index in [9.17, 15) is 4.79 Å². The van der Waals surface area contributed by atoms with E-state index in [2.05, 4.69) is 30.3 Å². The minimum absolute atomic E-state index is 0.337. The first-order valence-corrected chi connectivity index (χ1v) is 9.90. The van der Waals surface area contributed by atoms with Crippen LogP contribution in [0.1, 0.15) is 34.3 Å². The molecule has 0 amide bonds. The monoisotopic (exact) mass is 388 g/mol. The Morgan fingerprint density at radius 1 is 0.966 bits per heavy atom. The number of methoxy groups -OCH3 is 1. The van der Waals surface area contributed by atoms with Crippen molar-refractivity contribution in [1.82, 2.24) is 0 Å². The lowest BCUT2D eigenvalue weighted by Gasteiger charge is -2.21. The predicted molar refractivity (Wildman–Crippen MR) is 112 cm³/mol. The fourth-order valence-electron chi connectivity index (χ4n) is 3.55. The number of unbranched alkanes of at least 4 members (excludes halogenated alkanes) is 1. The van der Waals surface area contributed by atoms with Gasteiger partial charge in [0.25, 0.3) is 0 Å². The Labute approximate surface area is 171 Å². The minimum atomic E-state index is -0.337. The van der Waals surface area contributed by atoms with E-state index < -0.39 is 0 Å². The molecule has 0 fully saturated rings. The summed E-state index contributed by atoms with van der Waals surface area (Å²) in [6.45, 7) is 1.29. The zero-order valence-electron chi connectivity index (χ0n) is 16.5. The molecule has 1 aliphatic heterocycles. The molecule has 1 aliphatic rings. The quantitative estimate of drug-likeness (QED) is 0.400. The van der Waals surface area contributed by atoms with E-state index in [1.54, 1.807) is 24.3 Å². The number of fused-ring (bicyclic) bond motifs is 3. The van der Waals surface area contributed by atoms with Crippen molar-refractivity contribution in [2.45, 2.75) is 25.9 Å². The zero-order chi connectivity index (χ0) is 20.1. The lowest BCUT2D eigenvalue weighted by molar-refractivity contribution is 0.0600. The lowest BCUT2D eigenvalue weighted by atomic mass is 9.94. The molecule has 4 rings (SSSR count). The standard InChI is InChI=1S/C25H24O4/c1-27-25(26)19-11-13-21(14-12-19)28-15-5-4-6-18-9-10-20-17-29-24-8-3-2-7-22(24)23(20)16-18/h2-3,7-14,16H,4-6,15,17H2,1H3. The van der Waals surface area contributed by atoms with Crippen molar-refractivity contribution in [2.24, 2.45) is 0 Å². The molecule has 0 spiro atoms. The van der Waals surface area contributed by atoms with Gasteiger partial charge in [-0.3, -0.25) is 0 Å². The van der Waals surface area contributed by atoms with Gasteiger partial charge >= 0.3 is 5.97 Å². The van der Waals surface area contributed by atoms with Crippen LogP contribution in [0.4, 0.5) is 0 Å². The van der Waals surface area contributed by atoms with Crippen LogP contribution in [0.3, 0.4) is 0 Å². The van der Waals surface area contributed by atoms with E-state index in [1.807, 2.05) is 12.1 Å². The largest absolute Gasteiger partial charge is 0.494 e. The van der Waals surface area contributed by atoms with Crippen molar-refractivity contribution in [2.75, 3.05) is 13.7 Å². The highest BCUT2D eigenvalue weighted by molar-refractivity contribution is 5.89. The number of aryl methyl sites for hydroxylation is 1. The second-order valence-corrected chi connectivity index (χ2v) is 7.10. The minimum Gasteiger partial charge on any atom is -0.494 e. The van der Waals surface area contributed by atoms with Crippen molar-refractivity contribution in [3.63, 3.8) is 0 Å². The van der Waals surface area contributed by atoms with Crippen LogP contribution >= 0.6 is 0 Å². The molecule has 0 aromatic heterocycles. The summed E-state index contributed by atoms with van der Waals surface area (Å²) in [5.74, 6) is 1.39. The van der Waals surface area contributed by atoms with Gasteiger partial charge < -0.3 is 14.2 Å².